The van der Waals surface area contributed by atoms with Crippen molar-refractivity contribution in [1.29, 1.82) is 0 Å². The van der Waals surface area contributed by atoms with E-state index < -0.39 is 0 Å². The molecule has 0 saturated heterocycles. The maximum atomic E-state index is 4.60. The Morgan fingerprint density at radius 3 is 1.74 bits per heavy atom. The summed E-state index contributed by atoms with van der Waals surface area (Å²) < 4.78 is 0. The second kappa shape index (κ2) is 8.60. The first-order valence-corrected chi connectivity index (χ1v) is 10.4. The van der Waals surface area contributed by atoms with Crippen molar-refractivity contribution in [2.45, 2.75) is 34.1 Å². The van der Waals surface area contributed by atoms with E-state index in [1.54, 1.807) is 0 Å². The van der Waals surface area contributed by atoms with Gasteiger partial charge in [-0.2, -0.15) is 15.0 Å². The minimum absolute atomic E-state index is 0.0927. The number of anilines is 5. The van der Waals surface area contributed by atoms with Crippen molar-refractivity contribution in [2.75, 3.05) is 16.0 Å². The fourth-order valence-corrected chi connectivity index (χ4v) is 3.47. The molecule has 0 aliphatic heterocycles. The van der Waals surface area contributed by atoms with Crippen LogP contribution in [0.25, 0.3) is 0 Å². The van der Waals surface area contributed by atoms with E-state index in [2.05, 4.69) is 101 Å². The summed E-state index contributed by atoms with van der Waals surface area (Å²) >= 11 is 0. The maximum Gasteiger partial charge on any atom is 0.233 e. The summed E-state index contributed by atoms with van der Waals surface area (Å²) in [6.07, 6.45) is 7.45. The average Bonchev–Trinajstić information content (AvgIpc) is 2.67. The molecular formula is C25H28N6. The third kappa shape index (κ3) is 5.69. The first-order valence-electron chi connectivity index (χ1n) is 10.4. The SMILES string of the molecule is Cc1cccc(Nc2nc(NC3=CC(C)(C)CC=C3)nc(Nc3cccc(C)c3)n2)c1. The van der Waals surface area contributed by atoms with Gasteiger partial charge in [-0.05, 0) is 67.2 Å². The smallest absolute Gasteiger partial charge is 0.233 e. The average molecular weight is 413 g/mol. The molecule has 0 atom stereocenters. The van der Waals surface area contributed by atoms with E-state index in [9.17, 15) is 0 Å². The number of allylic oxidation sites excluding steroid dienone is 3. The van der Waals surface area contributed by atoms with Gasteiger partial charge in [-0.15, -0.1) is 0 Å². The van der Waals surface area contributed by atoms with Gasteiger partial charge >= 0.3 is 0 Å². The molecule has 1 aliphatic rings. The summed E-state index contributed by atoms with van der Waals surface area (Å²) in [4.78, 5) is 13.8. The lowest BCUT2D eigenvalue weighted by Crippen LogP contribution is -2.15. The van der Waals surface area contributed by atoms with Crippen LogP contribution in [0.4, 0.5) is 29.2 Å². The minimum atomic E-state index is 0.0927. The van der Waals surface area contributed by atoms with Crippen LogP contribution in [0.2, 0.25) is 0 Å². The van der Waals surface area contributed by atoms with E-state index >= 15 is 0 Å². The van der Waals surface area contributed by atoms with Gasteiger partial charge in [-0.25, -0.2) is 0 Å². The molecule has 31 heavy (non-hydrogen) atoms. The highest BCUT2D eigenvalue weighted by molar-refractivity contribution is 5.60. The van der Waals surface area contributed by atoms with Gasteiger partial charge in [-0.3, -0.25) is 0 Å². The Balaban J connectivity index is 1.66. The van der Waals surface area contributed by atoms with Crippen molar-refractivity contribution in [1.82, 2.24) is 15.0 Å². The van der Waals surface area contributed by atoms with E-state index in [-0.39, 0.29) is 5.41 Å². The molecule has 0 fully saturated rings. The van der Waals surface area contributed by atoms with Crippen molar-refractivity contribution in [2.24, 2.45) is 5.41 Å². The summed E-state index contributed by atoms with van der Waals surface area (Å²) in [7, 11) is 0. The van der Waals surface area contributed by atoms with Gasteiger partial charge in [0.25, 0.3) is 0 Å². The van der Waals surface area contributed by atoms with Gasteiger partial charge in [0.1, 0.15) is 0 Å². The molecule has 4 rings (SSSR count). The van der Waals surface area contributed by atoms with E-state index in [1.807, 2.05) is 24.3 Å². The molecule has 1 heterocycles. The quantitative estimate of drug-likeness (QED) is 0.444. The third-order valence-electron chi connectivity index (χ3n) is 4.93. The Bertz CT molecular complexity index is 1080. The van der Waals surface area contributed by atoms with Crippen LogP contribution in [0.5, 0.6) is 0 Å². The van der Waals surface area contributed by atoms with Crippen LogP contribution in [0, 0.1) is 19.3 Å². The summed E-state index contributed by atoms with van der Waals surface area (Å²) in [5.41, 5.74) is 5.25. The Hall–Kier alpha value is -3.67. The monoisotopic (exact) mass is 412 g/mol. The minimum Gasteiger partial charge on any atom is -0.324 e. The van der Waals surface area contributed by atoms with Gasteiger partial charge in [-0.1, -0.05) is 50.3 Å². The van der Waals surface area contributed by atoms with E-state index in [4.69, 9.17) is 0 Å². The number of benzene rings is 2. The first-order chi connectivity index (χ1) is 14.8. The lowest BCUT2D eigenvalue weighted by molar-refractivity contribution is 0.481. The first kappa shape index (κ1) is 20.6. The molecule has 6 nitrogen and oxygen atoms in total. The summed E-state index contributed by atoms with van der Waals surface area (Å²) in [5.74, 6) is 1.42. The number of aryl methyl sites for hydroxylation is 2. The number of nitrogens with zero attached hydrogens (tertiary/aromatic N) is 3. The van der Waals surface area contributed by atoms with Crippen LogP contribution < -0.4 is 16.0 Å². The maximum absolute atomic E-state index is 4.60. The predicted octanol–water partition coefficient (Wildman–Crippen LogP) is 6.26. The Kier molecular flexibility index (Phi) is 5.71. The molecule has 0 amide bonds. The predicted molar refractivity (Wildman–Crippen MR) is 128 cm³/mol. The van der Waals surface area contributed by atoms with Crippen molar-refractivity contribution in [3.8, 4) is 0 Å². The molecule has 2 aromatic carbocycles. The van der Waals surface area contributed by atoms with Gasteiger partial charge in [0.2, 0.25) is 17.8 Å². The molecule has 0 bridgehead atoms. The highest BCUT2D eigenvalue weighted by Gasteiger charge is 2.18. The zero-order valence-corrected chi connectivity index (χ0v) is 18.4. The molecule has 3 N–H and O–H groups in total. The molecule has 158 valence electrons. The van der Waals surface area contributed by atoms with Crippen molar-refractivity contribution in [3.63, 3.8) is 0 Å². The van der Waals surface area contributed by atoms with Crippen LogP contribution in [-0.2, 0) is 0 Å². The largest absolute Gasteiger partial charge is 0.324 e. The fraction of sp³-hybridized carbons (Fsp3) is 0.240. The van der Waals surface area contributed by atoms with Gasteiger partial charge in [0.05, 0.1) is 0 Å². The van der Waals surface area contributed by atoms with Gasteiger partial charge in [0, 0.05) is 17.1 Å². The fourth-order valence-electron chi connectivity index (χ4n) is 3.47. The van der Waals surface area contributed by atoms with E-state index in [0.717, 1.165) is 34.6 Å². The lowest BCUT2D eigenvalue weighted by atomic mass is 9.85. The molecule has 0 spiro atoms. The van der Waals surface area contributed by atoms with E-state index in [1.165, 1.54) is 0 Å². The Morgan fingerprint density at radius 1 is 0.742 bits per heavy atom. The molecule has 6 heteroatoms. The van der Waals surface area contributed by atoms with Gasteiger partial charge < -0.3 is 16.0 Å². The zero-order chi connectivity index (χ0) is 21.8. The lowest BCUT2D eigenvalue weighted by Gasteiger charge is -2.23. The summed E-state index contributed by atoms with van der Waals surface area (Å²) in [6, 6.07) is 16.2. The standard InChI is InChI=1S/C25H28N6/c1-17-8-5-10-19(14-17)26-22-29-23(27-20-11-6-9-18(2)15-20)31-24(30-22)28-21-12-7-13-25(3,4)16-21/h5-12,14-16H,13H2,1-4H3,(H3,26,27,28,29,30,31). The molecule has 0 saturated carbocycles. The highest BCUT2D eigenvalue weighted by atomic mass is 15.3. The Labute approximate surface area is 183 Å². The second-order valence-corrected chi connectivity index (χ2v) is 8.61. The molecular weight excluding hydrogens is 384 g/mol. The molecule has 3 aromatic rings. The highest BCUT2D eigenvalue weighted by Crippen LogP contribution is 2.29. The summed E-state index contributed by atoms with van der Waals surface area (Å²) in [5, 5.41) is 9.94. The topological polar surface area (TPSA) is 74.8 Å². The van der Waals surface area contributed by atoms with E-state index in [0.29, 0.717) is 17.8 Å². The molecule has 0 unspecified atom stereocenters. The number of rotatable bonds is 6. The van der Waals surface area contributed by atoms with Gasteiger partial charge in [0.15, 0.2) is 0 Å². The molecule has 1 aromatic heterocycles. The molecule has 1 aliphatic carbocycles. The normalized spacial score (nSPS) is 14.6. The molecule has 0 radical (unpaired) electrons. The number of aromatic nitrogens is 3. The third-order valence-corrected chi connectivity index (χ3v) is 4.93. The second-order valence-electron chi connectivity index (χ2n) is 8.61. The van der Waals surface area contributed by atoms with Crippen LogP contribution >= 0.6 is 0 Å². The Morgan fingerprint density at radius 2 is 1.26 bits per heavy atom. The summed E-state index contributed by atoms with van der Waals surface area (Å²) in [6.45, 7) is 8.53. The number of nitrogens with one attached hydrogen (secondary N) is 3. The van der Waals surface area contributed by atoms with Crippen LogP contribution in [0.1, 0.15) is 31.4 Å². The van der Waals surface area contributed by atoms with Crippen molar-refractivity contribution in [3.05, 3.63) is 83.6 Å². The van der Waals surface area contributed by atoms with Crippen LogP contribution in [-0.4, -0.2) is 15.0 Å². The van der Waals surface area contributed by atoms with Crippen LogP contribution in [0.15, 0.2) is 72.5 Å². The van der Waals surface area contributed by atoms with Crippen molar-refractivity contribution >= 4 is 29.2 Å². The number of hydrogen-bond donors (Lipinski definition) is 3. The zero-order valence-electron chi connectivity index (χ0n) is 18.4. The van der Waals surface area contributed by atoms with Crippen LogP contribution in [0.3, 0.4) is 0 Å². The number of hydrogen-bond acceptors (Lipinski definition) is 6. The van der Waals surface area contributed by atoms with Crippen molar-refractivity contribution < 1.29 is 0 Å².